The van der Waals surface area contributed by atoms with Crippen LogP contribution >= 0.6 is 47.1 Å². The number of nitrogens with zero attached hydrogens (tertiary/aromatic N) is 2. The van der Waals surface area contributed by atoms with Gasteiger partial charge < -0.3 is 4.90 Å². The van der Waals surface area contributed by atoms with Crippen molar-refractivity contribution < 1.29 is 4.79 Å². The Morgan fingerprint density at radius 1 is 1.08 bits per heavy atom. The molecule has 2 aliphatic rings. The second-order valence-corrected chi connectivity index (χ2v) is 9.23. The molecule has 0 radical (unpaired) electrons. The minimum absolute atomic E-state index is 0.0122. The summed E-state index contributed by atoms with van der Waals surface area (Å²) < 4.78 is 1.95. The van der Waals surface area contributed by atoms with E-state index in [0.717, 1.165) is 11.6 Å². The summed E-state index contributed by atoms with van der Waals surface area (Å²) >= 11 is 10.2. The van der Waals surface area contributed by atoms with Crippen LogP contribution in [0.1, 0.15) is 13.8 Å². The van der Waals surface area contributed by atoms with Crippen LogP contribution in [0, 0.1) is 0 Å². The number of likely N-dealkylation sites (N-methyl/N-ethyl adjacent to an activating group) is 1. The Balaban J connectivity index is 1.70. The van der Waals surface area contributed by atoms with Crippen LogP contribution in [0.5, 0.6) is 0 Å². The lowest BCUT2D eigenvalue weighted by Crippen LogP contribution is -2.27. The third kappa shape index (κ3) is 2.83. The monoisotopic (exact) mass is 404 g/mol. The number of carbonyl (C=O) groups excluding carboxylic acids is 1. The molecular formula is C18H16N2OS4. The highest BCUT2D eigenvalue weighted by atomic mass is 32.2. The summed E-state index contributed by atoms with van der Waals surface area (Å²) in [5, 5.41) is 4.59. The average molecular weight is 405 g/mol. The molecule has 25 heavy (non-hydrogen) atoms. The summed E-state index contributed by atoms with van der Waals surface area (Å²) in [6.45, 7) is 5.62. The molecule has 1 aromatic heterocycles. The zero-order valence-electron chi connectivity index (χ0n) is 13.8. The number of allylic oxidation sites excluding steroid dienone is 2. The van der Waals surface area contributed by atoms with Crippen LogP contribution < -0.4 is 4.90 Å². The Morgan fingerprint density at radius 3 is 2.60 bits per heavy atom. The highest BCUT2D eigenvalue weighted by Crippen LogP contribution is 2.50. The van der Waals surface area contributed by atoms with Crippen molar-refractivity contribution in [3.05, 3.63) is 45.7 Å². The lowest BCUT2D eigenvalue weighted by Gasteiger charge is -2.18. The van der Waals surface area contributed by atoms with Crippen LogP contribution in [0.2, 0.25) is 0 Å². The molecule has 0 aliphatic carbocycles. The van der Waals surface area contributed by atoms with E-state index in [4.69, 9.17) is 12.2 Å². The summed E-state index contributed by atoms with van der Waals surface area (Å²) in [6.07, 6.45) is 3.96. The number of thiophene rings is 1. The molecule has 2 aliphatic heterocycles. The number of benzene rings is 1. The molecule has 0 unspecified atom stereocenters. The van der Waals surface area contributed by atoms with Crippen molar-refractivity contribution in [3.63, 3.8) is 0 Å². The smallest absolute Gasteiger partial charge is 0.266 e. The van der Waals surface area contributed by atoms with Gasteiger partial charge in [0.1, 0.15) is 4.32 Å². The van der Waals surface area contributed by atoms with E-state index >= 15 is 0 Å². The zero-order valence-corrected chi connectivity index (χ0v) is 17.1. The molecule has 0 atom stereocenters. The molecule has 3 heterocycles. The van der Waals surface area contributed by atoms with Crippen LogP contribution in [0.4, 0.5) is 5.69 Å². The summed E-state index contributed by atoms with van der Waals surface area (Å²) in [6, 6.07) is 6.57. The van der Waals surface area contributed by atoms with E-state index < -0.39 is 0 Å². The quantitative estimate of drug-likeness (QED) is 0.501. The molecule has 0 bridgehead atoms. The molecule has 4 rings (SSSR count). The summed E-state index contributed by atoms with van der Waals surface area (Å²) in [5.74, 6) is 0.0122. The topological polar surface area (TPSA) is 23.6 Å². The summed E-state index contributed by atoms with van der Waals surface area (Å²) in [7, 11) is 0. The van der Waals surface area contributed by atoms with E-state index in [2.05, 4.69) is 35.4 Å². The van der Waals surface area contributed by atoms with Gasteiger partial charge in [-0.25, -0.2) is 0 Å². The Bertz CT molecular complexity index is 944. The maximum atomic E-state index is 12.4. The molecule has 128 valence electrons. The number of thiocarbonyl (C=S) groups is 1. The number of amides is 1. The Kier molecular flexibility index (Phi) is 4.66. The zero-order chi connectivity index (χ0) is 17.6. The van der Waals surface area contributed by atoms with E-state index in [9.17, 15) is 4.79 Å². The standard InChI is InChI=1S/C18H16N2OS4/c1-3-19-15(8-7-14-17(21)20(4-2)18(22)25-14)24-13-6-5-12-11(16(13)19)9-10-23-12/h5-10H,3-4H2,1-2H3. The Hall–Kier alpha value is -1.28. The SMILES string of the molecule is CCN1C(=O)C(=CC=C2Sc3ccc4sccc4c3N2CC)SC1=S. The van der Waals surface area contributed by atoms with Crippen LogP contribution in [-0.2, 0) is 4.79 Å². The first-order valence-corrected chi connectivity index (χ1v) is 11.0. The maximum Gasteiger partial charge on any atom is 0.266 e. The van der Waals surface area contributed by atoms with Gasteiger partial charge >= 0.3 is 0 Å². The second kappa shape index (κ2) is 6.79. The highest BCUT2D eigenvalue weighted by Gasteiger charge is 2.31. The average Bonchev–Trinajstić information content (AvgIpc) is 3.27. The first-order chi connectivity index (χ1) is 12.1. The number of hydrogen-bond acceptors (Lipinski definition) is 6. The molecule has 1 fully saturated rings. The summed E-state index contributed by atoms with van der Waals surface area (Å²) in [4.78, 5) is 18.3. The van der Waals surface area contributed by atoms with Crippen molar-refractivity contribution >= 4 is 73.1 Å². The second-order valence-electron chi connectivity index (χ2n) is 5.54. The molecule has 3 nitrogen and oxygen atoms in total. The fraction of sp³-hybridized carbons (Fsp3) is 0.222. The molecule has 2 aromatic rings. The van der Waals surface area contributed by atoms with Gasteiger partial charge in [-0.1, -0.05) is 35.7 Å². The number of anilines is 1. The number of hydrogen-bond donors (Lipinski definition) is 0. The van der Waals surface area contributed by atoms with Crippen molar-refractivity contribution in [2.75, 3.05) is 18.0 Å². The molecule has 0 N–H and O–H groups in total. The predicted octanol–water partition coefficient (Wildman–Crippen LogP) is 5.44. The molecule has 1 aromatic carbocycles. The van der Waals surface area contributed by atoms with Gasteiger partial charge in [-0.2, -0.15) is 0 Å². The predicted molar refractivity (Wildman–Crippen MR) is 114 cm³/mol. The van der Waals surface area contributed by atoms with Gasteiger partial charge in [0, 0.05) is 28.1 Å². The van der Waals surface area contributed by atoms with Gasteiger partial charge in [0.05, 0.1) is 15.6 Å². The van der Waals surface area contributed by atoms with E-state index in [1.54, 1.807) is 28.0 Å². The fourth-order valence-corrected chi connectivity index (χ4v) is 6.28. The maximum absolute atomic E-state index is 12.4. The van der Waals surface area contributed by atoms with E-state index in [1.165, 1.54) is 32.4 Å². The normalized spacial score (nSPS) is 20.6. The lowest BCUT2D eigenvalue weighted by atomic mass is 10.2. The summed E-state index contributed by atoms with van der Waals surface area (Å²) in [5.41, 5.74) is 1.28. The Labute approximate surface area is 164 Å². The first kappa shape index (κ1) is 17.1. The lowest BCUT2D eigenvalue weighted by molar-refractivity contribution is -0.122. The molecule has 0 spiro atoms. The van der Waals surface area contributed by atoms with Gasteiger partial charge in [0.15, 0.2) is 0 Å². The van der Waals surface area contributed by atoms with E-state index in [0.29, 0.717) is 15.8 Å². The van der Waals surface area contributed by atoms with E-state index in [1.807, 2.05) is 19.1 Å². The van der Waals surface area contributed by atoms with Crippen molar-refractivity contribution in [1.29, 1.82) is 0 Å². The fourth-order valence-electron chi connectivity index (χ4n) is 3.02. The molecular weight excluding hydrogens is 388 g/mol. The largest absolute Gasteiger partial charge is 0.335 e. The van der Waals surface area contributed by atoms with Gasteiger partial charge in [-0.3, -0.25) is 9.69 Å². The number of rotatable bonds is 3. The van der Waals surface area contributed by atoms with Gasteiger partial charge in [0.2, 0.25) is 0 Å². The molecule has 1 saturated heterocycles. The minimum atomic E-state index is 0.0122. The van der Waals surface area contributed by atoms with Crippen molar-refractivity contribution in [1.82, 2.24) is 4.90 Å². The minimum Gasteiger partial charge on any atom is -0.335 e. The van der Waals surface area contributed by atoms with Crippen molar-refractivity contribution in [2.24, 2.45) is 0 Å². The van der Waals surface area contributed by atoms with Crippen molar-refractivity contribution in [3.8, 4) is 0 Å². The third-order valence-corrected chi connectivity index (χ3v) is 7.60. The van der Waals surface area contributed by atoms with Crippen LogP contribution in [0.15, 0.2) is 50.6 Å². The van der Waals surface area contributed by atoms with Gasteiger partial charge in [-0.05, 0) is 49.6 Å². The van der Waals surface area contributed by atoms with Crippen LogP contribution in [-0.4, -0.2) is 28.2 Å². The molecule has 0 saturated carbocycles. The van der Waals surface area contributed by atoms with Gasteiger partial charge in [0.25, 0.3) is 5.91 Å². The van der Waals surface area contributed by atoms with Crippen molar-refractivity contribution in [2.45, 2.75) is 18.7 Å². The number of carbonyl (C=O) groups is 1. The van der Waals surface area contributed by atoms with E-state index in [-0.39, 0.29) is 5.91 Å². The number of fused-ring (bicyclic) bond motifs is 3. The first-order valence-electron chi connectivity index (χ1n) is 8.05. The Morgan fingerprint density at radius 2 is 1.88 bits per heavy atom. The third-order valence-electron chi connectivity index (χ3n) is 4.20. The van der Waals surface area contributed by atoms with Gasteiger partial charge in [-0.15, -0.1) is 11.3 Å². The van der Waals surface area contributed by atoms with Crippen LogP contribution in [0.3, 0.4) is 0 Å². The number of thioether (sulfide) groups is 2. The molecule has 1 amide bonds. The highest BCUT2D eigenvalue weighted by molar-refractivity contribution is 8.26. The molecule has 7 heteroatoms. The van der Waals surface area contributed by atoms with Crippen LogP contribution in [0.25, 0.3) is 10.1 Å².